The summed E-state index contributed by atoms with van der Waals surface area (Å²) in [5, 5.41) is 3.01. The Balaban J connectivity index is 5.29. The first kappa shape index (κ1) is 68.5. The fourth-order valence-corrected chi connectivity index (χ4v) is 8.86. The number of allylic oxidation sites excluding steroid dienone is 11. The van der Waals surface area contributed by atoms with Crippen molar-refractivity contribution in [3.63, 3.8) is 0 Å². The number of esters is 1. The van der Waals surface area contributed by atoms with E-state index >= 15 is 0 Å². The predicted octanol–water partition coefficient (Wildman–Crippen LogP) is 17.0. The molecule has 0 heterocycles. The summed E-state index contributed by atoms with van der Waals surface area (Å²) in [6.45, 7) is 6.67. The van der Waals surface area contributed by atoms with Crippen LogP contribution in [-0.2, 0) is 27.9 Å². The zero-order chi connectivity index (χ0) is 52.2. The van der Waals surface area contributed by atoms with Gasteiger partial charge in [0.1, 0.15) is 19.3 Å². The van der Waals surface area contributed by atoms with Crippen molar-refractivity contribution >= 4 is 19.7 Å². The first-order valence-corrected chi connectivity index (χ1v) is 30.7. The molecule has 9 nitrogen and oxygen atoms in total. The van der Waals surface area contributed by atoms with Crippen LogP contribution in [0, 0.1) is 0 Å². The quantitative estimate of drug-likeness (QED) is 0.0161. The molecule has 0 saturated carbocycles. The van der Waals surface area contributed by atoms with E-state index < -0.39 is 26.6 Å². The number of nitrogens with zero attached hydrogens (tertiary/aromatic N) is 1. The highest BCUT2D eigenvalue weighted by Crippen LogP contribution is 2.38. The van der Waals surface area contributed by atoms with Crippen LogP contribution in [0.15, 0.2) is 72.9 Å². The Hall–Kier alpha value is -2.55. The zero-order valence-electron chi connectivity index (χ0n) is 46.9. The van der Waals surface area contributed by atoms with Gasteiger partial charge in [0.05, 0.1) is 33.8 Å². The van der Waals surface area contributed by atoms with Gasteiger partial charge in [0, 0.05) is 12.8 Å². The Morgan fingerprint density at radius 2 is 0.958 bits per heavy atom. The van der Waals surface area contributed by atoms with Crippen LogP contribution in [0.5, 0.6) is 0 Å². The van der Waals surface area contributed by atoms with E-state index in [-0.39, 0.29) is 24.9 Å². The van der Waals surface area contributed by atoms with Gasteiger partial charge in [-0.15, -0.1) is 0 Å². The molecule has 0 bridgehead atoms. The molecule has 3 unspecified atom stereocenters. The van der Waals surface area contributed by atoms with Gasteiger partial charge in [-0.1, -0.05) is 229 Å². The van der Waals surface area contributed by atoms with Crippen LogP contribution in [-0.4, -0.2) is 69.4 Å². The van der Waals surface area contributed by atoms with Crippen molar-refractivity contribution in [3.8, 4) is 0 Å². The summed E-state index contributed by atoms with van der Waals surface area (Å²) in [6.07, 6.45) is 64.3. The van der Waals surface area contributed by atoms with Crippen LogP contribution in [0.25, 0.3) is 0 Å². The number of nitrogens with one attached hydrogen (secondary N) is 1. The number of rotatable bonds is 52. The summed E-state index contributed by atoms with van der Waals surface area (Å²) in [4.78, 5) is 39.9. The van der Waals surface area contributed by atoms with Gasteiger partial charge in [-0.3, -0.25) is 14.2 Å². The average molecular weight is 1020 g/mol. The Morgan fingerprint density at radius 3 is 1.48 bits per heavy atom. The van der Waals surface area contributed by atoms with E-state index in [9.17, 15) is 19.0 Å². The lowest BCUT2D eigenvalue weighted by Gasteiger charge is -2.30. The topological polar surface area (TPSA) is 114 Å². The Bertz CT molecular complexity index is 1450. The minimum Gasteiger partial charge on any atom is -0.756 e. The minimum atomic E-state index is -4.70. The molecule has 1 N–H and O–H groups in total. The minimum absolute atomic E-state index is 0.0280. The molecule has 3 atom stereocenters. The van der Waals surface area contributed by atoms with Crippen molar-refractivity contribution in [3.05, 3.63) is 72.9 Å². The van der Waals surface area contributed by atoms with Gasteiger partial charge in [0.15, 0.2) is 0 Å². The number of likely N-dealkylation sites (N-methyl/N-ethyl adjacent to an activating group) is 1. The second kappa shape index (κ2) is 51.0. The maximum absolute atomic E-state index is 13.5. The summed E-state index contributed by atoms with van der Waals surface area (Å²) in [5.41, 5.74) is 0. The van der Waals surface area contributed by atoms with Gasteiger partial charge in [-0.25, -0.2) is 0 Å². The molecule has 0 fully saturated rings. The summed E-state index contributed by atoms with van der Waals surface area (Å²) in [5.74, 6) is -0.561. The molecule has 0 aromatic carbocycles. The van der Waals surface area contributed by atoms with Gasteiger partial charge >= 0.3 is 5.97 Å². The van der Waals surface area contributed by atoms with Gasteiger partial charge in [0.25, 0.3) is 7.82 Å². The molecule has 0 aliphatic carbocycles. The molecule has 1 amide bonds. The maximum atomic E-state index is 13.5. The van der Waals surface area contributed by atoms with Crippen molar-refractivity contribution in [1.29, 1.82) is 0 Å². The molecule has 0 saturated heterocycles. The number of hydrogen-bond donors (Lipinski definition) is 1. The summed E-state index contributed by atoms with van der Waals surface area (Å²) >= 11 is 0. The van der Waals surface area contributed by atoms with Crippen LogP contribution in [0.1, 0.15) is 252 Å². The lowest BCUT2D eigenvalue weighted by atomic mass is 10.0. The molecule has 71 heavy (non-hydrogen) atoms. The molecular formula is C61H111N2O7P. The van der Waals surface area contributed by atoms with Crippen molar-refractivity contribution in [2.45, 2.75) is 264 Å². The van der Waals surface area contributed by atoms with Gasteiger partial charge < -0.3 is 28.5 Å². The first-order valence-electron chi connectivity index (χ1n) is 29.3. The largest absolute Gasteiger partial charge is 0.756 e. The second-order valence-corrected chi connectivity index (χ2v) is 22.2. The number of hydrogen-bond acceptors (Lipinski definition) is 7. The van der Waals surface area contributed by atoms with Crippen molar-refractivity contribution < 1.29 is 37.3 Å². The number of unbranched alkanes of at least 4 members (excludes halogenated alkanes) is 28. The molecule has 0 radical (unpaired) electrons. The normalized spacial score (nSPS) is 14.3. The highest BCUT2D eigenvalue weighted by molar-refractivity contribution is 7.45. The highest BCUT2D eigenvalue weighted by Gasteiger charge is 2.27. The van der Waals surface area contributed by atoms with E-state index in [4.69, 9.17) is 13.8 Å². The zero-order valence-corrected chi connectivity index (χ0v) is 47.8. The Labute approximate surface area is 438 Å². The van der Waals surface area contributed by atoms with E-state index in [1.165, 1.54) is 122 Å². The maximum Gasteiger partial charge on any atom is 0.306 e. The predicted molar refractivity (Wildman–Crippen MR) is 302 cm³/mol. The molecular weight excluding hydrogens is 904 g/mol. The molecule has 412 valence electrons. The van der Waals surface area contributed by atoms with E-state index in [2.05, 4.69) is 86.8 Å². The van der Waals surface area contributed by atoms with E-state index in [0.29, 0.717) is 17.4 Å². The molecule has 0 rings (SSSR count). The summed E-state index contributed by atoms with van der Waals surface area (Å²) < 4.78 is 30.2. The van der Waals surface area contributed by atoms with E-state index in [1.54, 1.807) is 0 Å². The number of ether oxygens (including phenoxy) is 1. The molecule has 0 aromatic heterocycles. The van der Waals surface area contributed by atoms with Crippen LogP contribution in [0.3, 0.4) is 0 Å². The van der Waals surface area contributed by atoms with Gasteiger partial charge in [0.2, 0.25) is 5.91 Å². The molecule has 0 aromatic rings. The van der Waals surface area contributed by atoms with Crippen LogP contribution >= 0.6 is 7.82 Å². The third kappa shape index (κ3) is 52.1. The van der Waals surface area contributed by atoms with Crippen molar-refractivity contribution in [2.24, 2.45) is 0 Å². The second-order valence-electron chi connectivity index (χ2n) is 20.8. The number of phosphoric ester groups is 1. The molecule has 0 aliphatic rings. The van der Waals surface area contributed by atoms with E-state index in [0.717, 1.165) is 96.3 Å². The number of amides is 1. The van der Waals surface area contributed by atoms with E-state index in [1.807, 2.05) is 33.3 Å². The highest BCUT2D eigenvalue weighted by atomic mass is 31.2. The Morgan fingerprint density at radius 1 is 0.521 bits per heavy atom. The number of carbonyl (C=O) groups excluding carboxylic acids is 2. The fourth-order valence-electron chi connectivity index (χ4n) is 8.14. The summed E-state index contributed by atoms with van der Waals surface area (Å²) in [7, 11) is 1.17. The standard InChI is InChI=1S/C61H111N2O7P/c1-7-10-13-16-19-22-25-27-29-30-31-32-34-36-39-42-45-48-51-54-61(65)70-59(52-49-46-43-40-37-24-21-18-15-12-9-3)58(57-69-71(66,67)68-56-55-63(4,5)6)62-60(64)53-50-47-44-41-38-35-33-28-26-23-20-17-14-11-8-2/h11,14,17,19-20,22-23,26-27,29,49,52,58-59H,7-10,12-13,15-16,18,21,24-25,28,30-48,50-51,53-57H2,1-6H3,(H-,62,64,66,67)/b14-11+,20-17+,22-19-,26-23+,29-27-,52-49+. The molecule has 10 heteroatoms. The average Bonchev–Trinajstić information content (AvgIpc) is 3.33. The lowest BCUT2D eigenvalue weighted by molar-refractivity contribution is -0.870. The number of phosphoric acid groups is 1. The molecule has 0 spiro atoms. The fraction of sp³-hybridized carbons (Fsp3) is 0.770. The smallest absolute Gasteiger partial charge is 0.306 e. The third-order valence-electron chi connectivity index (χ3n) is 12.7. The first-order chi connectivity index (χ1) is 34.4. The van der Waals surface area contributed by atoms with Crippen molar-refractivity contribution in [2.75, 3.05) is 40.9 Å². The van der Waals surface area contributed by atoms with Gasteiger partial charge in [-0.05, 0) is 83.1 Å². The lowest BCUT2D eigenvalue weighted by Crippen LogP contribution is -2.47. The molecule has 0 aliphatic heterocycles. The van der Waals surface area contributed by atoms with Crippen LogP contribution < -0.4 is 10.2 Å². The number of carbonyl (C=O) groups is 2. The van der Waals surface area contributed by atoms with Gasteiger partial charge in [-0.2, -0.15) is 0 Å². The SMILES string of the molecule is CC/C=C/C=C/C=C/CCCCCCCCCC(=O)NC(COP(=O)([O-])OCC[N+](C)(C)C)C(/C=C/CCCCCCCCCCC)OC(=O)CCCCCCCCCCC/C=C\C/C=C\CCCCC. The van der Waals surface area contributed by atoms with Crippen LogP contribution in [0.4, 0.5) is 0 Å². The summed E-state index contributed by atoms with van der Waals surface area (Å²) in [6, 6.07) is -0.897. The monoisotopic (exact) mass is 1010 g/mol. The Kier molecular flexibility index (Phi) is 49.1. The van der Waals surface area contributed by atoms with Crippen molar-refractivity contribution in [1.82, 2.24) is 5.32 Å². The van der Waals surface area contributed by atoms with Crippen LogP contribution in [0.2, 0.25) is 0 Å². The number of quaternary nitrogens is 1. The third-order valence-corrected chi connectivity index (χ3v) is 13.6.